The summed E-state index contributed by atoms with van der Waals surface area (Å²) in [5.74, 6) is 0.0309. The van der Waals surface area contributed by atoms with Crippen LogP contribution in [0, 0.1) is 5.41 Å². The monoisotopic (exact) mass is 262 g/mol. The van der Waals surface area contributed by atoms with Crippen LogP contribution >= 0.6 is 0 Å². The highest BCUT2D eigenvalue weighted by Crippen LogP contribution is 2.37. The topological polar surface area (TPSA) is 78.3 Å². The fourth-order valence-electron chi connectivity index (χ4n) is 2.51. The zero-order valence-corrected chi connectivity index (χ0v) is 11.6. The largest absolute Gasteiger partial charge is 0.490 e. The Morgan fingerprint density at radius 1 is 1.32 bits per heavy atom. The van der Waals surface area contributed by atoms with Gasteiger partial charge in [-0.15, -0.1) is 0 Å². The van der Waals surface area contributed by atoms with Gasteiger partial charge in [-0.05, 0) is 43.2 Å². The number of carbonyl (C=O) groups is 1. The summed E-state index contributed by atoms with van der Waals surface area (Å²) in [6.45, 7) is 4.55. The van der Waals surface area contributed by atoms with Crippen LogP contribution in [0.1, 0.15) is 49.9 Å². The lowest BCUT2D eigenvalue weighted by molar-refractivity contribution is 0.0923. The van der Waals surface area contributed by atoms with Crippen molar-refractivity contribution in [3.8, 4) is 5.75 Å². The molecule has 1 aliphatic carbocycles. The molecular formula is C15H22N2O2. The molecule has 0 saturated heterocycles. The maximum absolute atomic E-state index is 11.4. The first-order chi connectivity index (χ1) is 8.87. The third kappa shape index (κ3) is 3.40. The number of anilines is 1. The fraction of sp³-hybridized carbons (Fsp3) is 0.533. The van der Waals surface area contributed by atoms with Crippen molar-refractivity contribution in [1.29, 1.82) is 0 Å². The summed E-state index contributed by atoms with van der Waals surface area (Å²) >= 11 is 0. The summed E-state index contributed by atoms with van der Waals surface area (Å²) in [7, 11) is 0. The standard InChI is InChI=1S/C15H22N2O2/c1-15(2)7-5-11(6-8-15)19-13-9-10(16)3-4-12(13)14(17)18/h3-4,9,11H,5-8,16H2,1-2H3,(H2,17,18). The van der Waals surface area contributed by atoms with Gasteiger partial charge in [0.2, 0.25) is 0 Å². The molecule has 4 heteroatoms. The lowest BCUT2D eigenvalue weighted by Gasteiger charge is -2.34. The van der Waals surface area contributed by atoms with Crippen molar-refractivity contribution >= 4 is 11.6 Å². The van der Waals surface area contributed by atoms with Gasteiger partial charge >= 0.3 is 0 Å². The molecule has 104 valence electrons. The number of ether oxygens (including phenoxy) is 1. The van der Waals surface area contributed by atoms with Gasteiger partial charge in [0.25, 0.3) is 5.91 Å². The van der Waals surface area contributed by atoms with E-state index in [-0.39, 0.29) is 6.10 Å². The Morgan fingerprint density at radius 2 is 1.95 bits per heavy atom. The Morgan fingerprint density at radius 3 is 2.53 bits per heavy atom. The van der Waals surface area contributed by atoms with E-state index in [2.05, 4.69) is 13.8 Å². The normalized spacial score (nSPS) is 19.1. The molecule has 4 N–H and O–H groups in total. The second kappa shape index (κ2) is 5.11. The molecule has 0 atom stereocenters. The van der Waals surface area contributed by atoms with Crippen molar-refractivity contribution in [2.24, 2.45) is 11.1 Å². The second-order valence-corrected chi connectivity index (χ2v) is 6.10. The van der Waals surface area contributed by atoms with Crippen molar-refractivity contribution in [3.63, 3.8) is 0 Å². The smallest absolute Gasteiger partial charge is 0.252 e. The van der Waals surface area contributed by atoms with E-state index in [1.165, 1.54) is 0 Å². The fourth-order valence-corrected chi connectivity index (χ4v) is 2.51. The molecule has 1 fully saturated rings. The third-order valence-electron chi connectivity index (χ3n) is 3.85. The highest BCUT2D eigenvalue weighted by molar-refractivity contribution is 5.96. The van der Waals surface area contributed by atoms with Crippen LogP contribution in [-0.2, 0) is 0 Å². The highest BCUT2D eigenvalue weighted by Gasteiger charge is 2.28. The number of carbonyl (C=O) groups excluding carboxylic acids is 1. The molecule has 19 heavy (non-hydrogen) atoms. The minimum atomic E-state index is -0.480. The zero-order chi connectivity index (χ0) is 14.0. The van der Waals surface area contributed by atoms with E-state index in [0.717, 1.165) is 25.7 Å². The molecule has 0 spiro atoms. The Balaban J connectivity index is 2.11. The van der Waals surface area contributed by atoms with E-state index >= 15 is 0 Å². The summed E-state index contributed by atoms with van der Waals surface area (Å²) in [6, 6.07) is 4.97. The SMILES string of the molecule is CC1(C)CCC(Oc2cc(N)ccc2C(N)=O)CC1. The molecule has 1 saturated carbocycles. The number of hydrogen-bond donors (Lipinski definition) is 2. The number of primary amides is 1. The predicted molar refractivity (Wildman–Crippen MR) is 76.0 cm³/mol. The lowest BCUT2D eigenvalue weighted by atomic mass is 9.76. The number of rotatable bonds is 3. The van der Waals surface area contributed by atoms with Crippen LogP contribution in [0.4, 0.5) is 5.69 Å². The van der Waals surface area contributed by atoms with Gasteiger partial charge in [-0.25, -0.2) is 0 Å². The summed E-state index contributed by atoms with van der Waals surface area (Å²) in [5, 5.41) is 0. The minimum Gasteiger partial charge on any atom is -0.490 e. The molecule has 0 radical (unpaired) electrons. The van der Waals surface area contributed by atoms with Gasteiger partial charge in [-0.1, -0.05) is 13.8 Å². The van der Waals surface area contributed by atoms with Crippen LogP contribution in [-0.4, -0.2) is 12.0 Å². The summed E-state index contributed by atoms with van der Waals surface area (Å²) in [5.41, 5.74) is 12.5. The molecule has 1 amide bonds. The van der Waals surface area contributed by atoms with Gasteiger partial charge in [0.15, 0.2) is 0 Å². The van der Waals surface area contributed by atoms with Crippen LogP contribution in [0.15, 0.2) is 18.2 Å². The van der Waals surface area contributed by atoms with Crippen molar-refractivity contribution in [2.45, 2.75) is 45.6 Å². The molecule has 0 unspecified atom stereocenters. The first-order valence-electron chi connectivity index (χ1n) is 6.73. The number of hydrogen-bond acceptors (Lipinski definition) is 3. The maximum atomic E-state index is 11.4. The van der Waals surface area contributed by atoms with E-state index in [4.69, 9.17) is 16.2 Å². The summed E-state index contributed by atoms with van der Waals surface area (Å²) in [4.78, 5) is 11.4. The van der Waals surface area contributed by atoms with Crippen LogP contribution in [0.2, 0.25) is 0 Å². The van der Waals surface area contributed by atoms with Gasteiger partial charge in [0.05, 0.1) is 11.7 Å². The summed E-state index contributed by atoms with van der Waals surface area (Å²) in [6.07, 6.45) is 4.41. The van der Waals surface area contributed by atoms with Crippen LogP contribution in [0.3, 0.4) is 0 Å². The molecule has 1 aliphatic rings. The quantitative estimate of drug-likeness (QED) is 0.822. The van der Waals surface area contributed by atoms with E-state index in [9.17, 15) is 4.79 Å². The third-order valence-corrected chi connectivity index (χ3v) is 3.85. The van der Waals surface area contributed by atoms with Crippen LogP contribution in [0.5, 0.6) is 5.75 Å². The van der Waals surface area contributed by atoms with Crippen LogP contribution in [0.25, 0.3) is 0 Å². The van der Waals surface area contributed by atoms with Crippen molar-refractivity contribution in [2.75, 3.05) is 5.73 Å². The zero-order valence-electron chi connectivity index (χ0n) is 11.6. The lowest BCUT2D eigenvalue weighted by Crippen LogP contribution is -2.29. The van der Waals surface area contributed by atoms with E-state index in [1.54, 1.807) is 18.2 Å². The van der Waals surface area contributed by atoms with Crippen molar-refractivity contribution < 1.29 is 9.53 Å². The van der Waals surface area contributed by atoms with Gasteiger partial charge in [0.1, 0.15) is 5.75 Å². The number of nitrogens with two attached hydrogens (primary N) is 2. The Bertz CT molecular complexity index is 473. The van der Waals surface area contributed by atoms with Crippen LogP contribution < -0.4 is 16.2 Å². The molecule has 1 aromatic carbocycles. The van der Waals surface area contributed by atoms with Gasteiger partial charge < -0.3 is 16.2 Å². The Labute approximate surface area is 114 Å². The Kier molecular flexibility index (Phi) is 3.69. The molecule has 2 rings (SSSR count). The number of benzene rings is 1. The average Bonchev–Trinajstić information content (AvgIpc) is 2.31. The summed E-state index contributed by atoms with van der Waals surface area (Å²) < 4.78 is 5.94. The number of nitrogen functional groups attached to an aromatic ring is 1. The maximum Gasteiger partial charge on any atom is 0.252 e. The molecule has 4 nitrogen and oxygen atoms in total. The van der Waals surface area contributed by atoms with Gasteiger partial charge in [-0.3, -0.25) is 4.79 Å². The highest BCUT2D eigenvalue weighted by atomic mass is 16.5. The van der Waals surface area contributed by atoms with Crippen molar-refractivity contribution in [1.82, 2.24) is 0 Å². The van der Waals surface area contributed by atoms with E-state index in [1.807, 2.05) is 0 Å². The first kappa shape index (κ1) is 13.7. The van der Waals surface area contributed by atoms with Gasteiger partial charge in [-0.2, -0.15) is 0 Å². The predicted octanol–water partition coefficient (Wildman–Crippen LogP) is 2.72. The molecule has 0 aromatic heterocycles. The van der Waals surface area contributed by atoms with Crippen molar-refractivity contribution in [3.05, 3.63) is 23.8 Å². The van der Waals surface area contributed by atoms with E-state index in [0.29, 0.717) is 22.4 Å². The molecule has 0 heterocycles. The first-order valence-corrected chi connectivity index (χ1v) is 6.73. The minimum absolute atomic E-state index is 0.146. The molecule has 1 aromatic rings. The van der Waals surface area contributed by atoms with E-state index < -0.39 is 5.91 Å². The molecular weight excluding hydrogens is 240 g/mol. The second-order valence-electron chi connectivity index (χ2n) is 6.10. The molecule has 0 aliphatic heterocycles. The number of amides is 1. The Hall–Kier alpha value is -1.71. The van der Waals surface area contributed by atoms with Gasteiger partial charge in [0, 0.05) is 11.8 Å². The average molecular weight is 262 g/mol. The molecule has 0 bridgehead atoms.